The summed E-state index contributed by atoms with van der Waals surface area (Å²) in [6.45, 7) is -1.51. The molecule has 2 N–H and O–H groups in total. The predicted octanol–water partition coefficient (Wildman–Crippen LogP) is 1.82. The van der Waals surface area contributed by atoms with Gasteiger partial charge in [0.1, 0.15) is 11.4 Å². The Hall–Kier alpha value is -3.63. The van der Waals surface area contributed by atoms with Crippen molar-refractivity contribution in [1.82, 2.24) is 14.5 Å². The molecule has 0 saturated heterocycles. The second kappa shape index (κ2) is 7.18. The van der Waals surface area contributed by atoms with E-state index in [0.29, 0.717) is 0 Å². The van der Waals surface area contributed by atoms with Gasteiger partial charge in [0.05, 0.1) is 16.6 Å². The molecule has 1 aromatic carbocycles. The minimum atomic E-state index is -4.53. The SMILES string of the molecule is Cn1c(=O)[nH]c(=O)c2cc(C(=O)Nc3ccccc3OCC(F)(F)F)cnc21. The monoisotopic (exact) mass is 394 g/mol. The lowest BCUT2D eigenvalue weighted by atomic mass is 10.2. The number of benzene rings is 1. The first-order chi connectivity index (χ1) is 13.2. The molecule has 11 heteroatoms. The van der Waals surface area contributed by atoms with Crippen molar-refractivity contribution >= 4 is 22.6 Å². The average molecular weight is 394 g/mol. The lowest BCUT2D eigenvalue weighted by Gasteiger charge is -2.14. The molecule has 3 rings (SSSR count). The van der Waals surface area contributed by atoms with Gasteiger partial charge in [0.15, 0.2) is 6.61 Å². The van der Waals surface area contributed by atoms with Crippen molar-refractivity contribution in [3.8, 4) is 5.75 Å². The standard InChI is InChI=1S/C17H13F3N4O4/c1-24-13-10(15(26)23-16(24)27)6-9(7-21-13)14(25)22-11-4-2-3-5-12(11)28-8-17(18,19)20/h2-7H,8H2,1H3,(H,22,25)(H,23,26,27). The average Bonchev–Trinajstić information content (AvgIpc) is 2.64. The molecule has 0 aliphatic heterocycles. The molecule has 2 heterocycles. The molecule has 3 aromatic rings. The van der Waals surface area contributed by atoms with Crippen LogP contribution >= 0.6 is 0 Å². The van der Waals surface area contributed by atoms with Gasteiger partial charge >= 0.3 is 11.9 Å². The first kappa shape index (κ1) is 19.1. The Morgan fingerprint density at radius 2 is 2.00 bits per heavy atom. The zero-order valence-electron chi connectivity index (χ0n) is 14.3. The predicted molar refractivity (Wildman–Crippen MR) is 93.5 cm³/mol. The Morgan fingerprint density at radius 3 is 2.71 bits per heavy atom. The number of fused-ring (bicyclic) bond motifs is 1. The molecule has 28 heavy (non-hydrogen) atoms. The van der Waals surface area contributed by atoms with Crippen LogP contribution in [0.5, 0.6) is 5.75 Å². The van der Waals surface area contributed by atoms with E-state index in [-0.39, 0.29) is 28.0 Å². The zero-order chi connectivity index (χ0) is 20.5. The summed E-state index contributed by atoms with van der Waals surface area (Å²) in [5.74, 6) is -0.882. The normalized spacial score (nSPS) is 11.4. The van der Waals surface area contributed by atoms with Gasteiger partial charge in [-0.3, -0.25) is 19.1 Å². The highest BCUT2D eigenvalue weighted by atomic mass is 19.4. The molecule has 1 amide bonds. The maximum absolute atomic E-state index is 12.5. The number of aryl methyl sites for hydroxylation is 1. The summed E-state index contributed by atoms with van der Waals surface area (Å²) in [5.41, 5.74) is -1.29. The van der Waals surface area contributed by atoms with Crippen molar-refractivity contribution in [1.29, 1.82) is 0 Å². The van der Waals surface area contributed by atoms with E-state index in [1.54, 1.807) is 0 Å². The molecule has 0 saturated carbocycles. The Morgan fingerprint density at radius 1 is 1.29 bits per heavy atom. The van der Waals surface area contributed by atoms with Crippen LogP contribution in [0.3, 0.4) is 0 Å². The Balaban J connectivity index is 1.90. The van der Waals surface area contributed by atoms with E-state index in [2.05, 4.69) is 15.3 Å². The van der Waals surface area contributed by atoms with Gasteiger partial charge < -0.3 is 10.1 Å². The van der Waals surface area contributed by atoms with Gasteiger partial charge in [-0.25, -0.2) is 9.78 Å². The van der Waals surface area contributed by atoms with E-state index < -0.39 is 29.9 Å². The summed E-state index contributed by atoms with van der Waals surface area (Å²) in [6, 6.07) is 6.85. The third kappa shape index (κ3) is 4.03. The number of anilines is 1. The minimum absolute atomic E-state index is 0.0105. The van der Waals surface area contributed by atoms with Crippen LogP contribution in [-0.2, 0) is 7.05 Å². The number of carbonyl (C=O) groups is 1. The lowest BCUT2D eigenvalue weighted by Crippen LogP contribution is -2.29. The molecule has 0 spiro atoms. The number of carbonyl (C=O) groups excluding carboxylic acids is 1. The maximum atomic E-state index is 12.5. The number of nitrogens with zero attached hydrogens (tertiary/aromatic N) is 2. The first-order valence-electron chi connectivity index (χ1n) is 7.85. The number of pyridine rings is 1. The Kier molecular flexibility index (Phi) is 4.91. The minimum Gasteiger partial charge on any atom is -0.482 e. The smallest absolute Gasteiger partial charge is 0.422 e. The molecule has 0 atom stereocenters. The first-order valence-corrected chi connectivity index (χ1v) is 7.85. The van der Waals surface area contributed by atoms with Crippen LogP contribution in [0, 0.1) is 0 Å². The molecule has 0 unspecified atom stereocenters. The van der Waals surface area contributed by atoms with Gasteiger partial charge in [-0.15, -0.1) is 0 Å². The quantitative estimate of drug-likeness (QED) is 0.702. The number of ether oxygens (including phenoxy) is 1. The van der Waals surface area contributed by atoms with E-state index in [9.17, 15) is 27.6 Å². The van der Waals surface area contributed by atoms with Gasteiger partial charge in [0, 0.05) is 13.2 Å². The second-order valence-corrected chi connectivity index (χ2v) is 5.77. The van der Waals surface area contributed by atoms with Crippen LogP contribution in [0.2, 0.25) is 0 Å². The van der Waals surface area contributed by atoms with Crippen LogP contribution < -0.4 is 21.3 Å². The fraction of sp³-hybridized carbons (Fsp3) is 0.176. The number of para-hydroxylation sites is 2. The fourth-order valence-electron chi connectivity index (χ4n) is 2.41. The summed E-state index contributed by atoms with van der Waals surface area (Å²) in [7, 11) is 1.40. The molecule has 0 bridgehead atoms. The third-order valence-corrected chi connectivity index (χ3v) is 3.74. The molecular weight excluding hydrogens is 381 g/mol. The highest BCUT2D eigenvalue weighted by Crippen LogP contribution is 2.26. The highest BCUT2D eigenvalue weighted by Gasteiger charge is 2.29. The maximum Gasteiger partial charge on any atom is 0.422 e. The number of amides is 1. The van der Waals surface area contributed by atoms with Crippen molar-refractivity contribution in [2.75, 3.05) is 11.9 Å². The Bertz CT molecular complexity index is 1170. The lowest BCUT2D eigenvalue weighted by molar-refractivity contribution is -0.153. The van der Waals surface area contributed by atoms with Crippen molar-refractivity contribution in [2.45, 2.75) is 6.18 Å². The molecule has 0 aliphatic rings. The Labute approximate surface area is 154 Å². The van der Waals surface area contributed by atoms with Gasteiger partial charge in [-0.1, -0.05) is 12.1 Å². The number of aromatic amines is 1. The van der Waals surface area contributed by atoms with Crippen molar-refractivity contribution in [2.24, 2.45) is 7.05 Å². The zero-order valence-corrected chi connectivity index (χ0v) is 14.3. The third-order valence-electron chi connectivity index (χ3n) is 3.74. The van der Waals surface area contributed by atoms with Gasteiger partial charge in [0.2, 0.25) is 0 Å². The van der Waals surface area contributed by atoms with Crippen molar-refractivity contribution in [3.63, 3.8) is 0 Å². The van der Waals surface area contributed by atoms with E-state index in [0.717, 1.165) is 10.8 Å². The van der Waals surface area contributed by atoms with Crippen molar-refractivity contribution < 1.29 is 22.7 Å². The number of hydrogen-bond donors (Lipinski definition) is 2. The number of hydrogen-bond acceptors (Lipinski definition) is 5. The van der Waals surface area contributed by atoms with Crippen LogP contribution in [0.4, 0.5) is 18.9 Å². The molecule has 146 valence electrons. The number of rotatable bonds is 4. The van der Waals surface area contributed by atoms with Crippen LogP contribution in [0.1, 0.15) is 10.4 Å². The summed E-state index contributed by atoms with van der Waals surface area (Å²) in [6.07, 6.45) is -3.38. The summed E-state index contributed by atoms with van der Waals surface area (Å²) in [4.78, 5) is 42.0. The topological polar surface area (TPSA) is 106 Å². The molecule has 0 radical (unpaired) electrons. The van der Waals surface area contributed by atoms with E-state index in [4.69, 9.17) is 4.74 Å². The van der Waals surface area contributed by atoms with Crippen molar-refractivity contribution in [3.05, 3.63) is 62.9 Å². The summed E-state index contributed by atoms with van der Waals surface area (Å²) < 4.78 is 42.9. The molecular formula is C17H13F3N4O4. The highest BCUT2D eigenvalue weighted by molar-refractivity contribution is 6.06. The molecule has 0 fully saturated rings. The number of H-pyrrole nitrogens is 1. The van der Waals surface area contributed by atoms with Gasteiger partial charge in [0.25, 0.3) is 11.5 Å². The molecule has 2 aromatic heterocycles. The number of alkyl halides is 3. The van der Waals surface area contributed by atoms with Gasteiger partial charge in [-0.2, -0.15) is 13.2 Å². The summed E-state index contributed by atoms with van der Waals surface area (Å²) in [5, 5.41) is 2.43. The molecule has 0 aliphatic carbocycles. The second-order valence-electron chi connectivity index (χ2n) is 5.77. The fourth-order valence-corrected chi connectivity index (χ4v) is 2.41. The van der Waals surface area contributed by atoms with Crippen LogP contribution in [-0.4, -0.2) is 33.2 Å². The summed E-state index contributed by atoms with van der Waals surface area (Å²) >= 11 is 0. The molecule has 8 nitrogen and oxygen atoms in total. The van der Waals surface area contributed by atoms with E-state index >= 15 is 0 Å². The largest absolute Gasteiger partial charge is 0.482 e. The van der Waals surface area contributed by atoms with Crippen LogP contribution in [0.15, 0.2) is 46.1 Å². The number of aromatic nitrogens is 3. The van der Waals surface area contributed by atoms with E-state index in [1.807, 2.05) is 0 Å². The van der Waals surface area contributed by atoms with E-state index in [1.165, 1.54) is 37.4 Å². The van der Waals surface area contributed by atoms with Crippen LogP contribution in [0.25, 0.3) is 11.0 Å². The number of halogens is 3. The van der Waals surface area contributed by atoms with Gasteiger partial charge in [-0.05, 0) is 18.2 Å². The number of nitrogens with one attached hydrogen (secondary N) is 2.